The number of fused-ring (bicyclic) bond motifs is 8. The minimum Gasteiger partial charge on any atom is -0.359 e. The summed E-state index contributed by atoms with van der Waals surface area (Å²) in [6.45, 7) is 0.0587. The van der Waals surface area contributed by atoms with Crippen LogP contribution in [0.5, 0.6) is 0 Å². The molecule has 0 saturated heterocycles. The predicted octanol–water partition coefficient (Wildman–Crippen LogP) is 4.75. The van der Waals surface area contributed by atoms with Crippen LogP contribution in [-0.4, -0.2) is 12.0 Å². The molecule has 3 heterocycles. The van der Waals surface area contributed by atoms with Gasteiger partial charge in [-0.2, -0.15) is 0 Å². The molecule has 126 valence electrons. The zero-order valence-electron chi connectivity index (χ0n) is 14.7. The summed E-state index contributed by atoms with van der Waals surface area (Å²) in [5, 5.41) is 0. The van der Waals surface area contributed by atoms with Crippen LogP contribution in [0.3, 0.4) is 0 Å². The maximum Gasteiger partial charge on any atom is 0.422 e. The second-order valence-electron chi connectivity index (χ2n) is 6.89. The fourth-order valence-electron chi connectivity index (χ4n) is 4.41. The van der Waals surface area contributed by atoms with Crippen molar-refractivity contribution >= 4 is 35.3 Å². The van der Waals surface area contributed by atoms with E-state index < -0.39 is 0 Å². The monoisotopic (exact) mass is 345 g/mol. The van der Waals surface area contributed by atoms with Crippen LogP contribution < -0.4 is 15.1 Å². The van der Waals surface area contributed by atoms with Gasteiger partial charge in [-0.1, -0.05) is 60.7 Å². The molecule has 27 heavy (non-hydrogen) atoms. The molecule has 1 aromatic heterocycles. The first-order valence-electron chi connectivity index (χ1n) is 9.20. The van der Waals surface area contributed by atoms with Gasteiger partial charge < -0.3 is 9.62 Å². The molecule has 0 atom stereocenters. The Kier molecular flexibility index (Phi) is 2.97. The fraction of sp³-hybridized carbons (Fsp3) is 0. The van der Waals surface area contributed by atoms with Crippen molar-refractivity contribution in [2.45, 2.75) is 0 Å². The van der Waals surface area contributed by atoms with Gasteiger partial charge in [-0.15, -0.1) is 0 Å². The summed E-state index contributed by atoms with van der Waals surface area (Å²) in [6.07, 6.45) is 1.86. The molecule has 4 aromatic rings. The number of hydrogen-bond acceptors (Lipinski definition) is 3. The summed E-state index contributed by atoms with van der Waals surface area (Å²) in [5.41, 5.74) is 7.53. The van der Waals surface area contributed by atoms with E-state index >= 15 is 0 Å². The molecule has 0 bridgehead atoms. The van der Waals surface area contributed by atoms with E-state index in [2.05, 4.69) is 99.5 Å². The van der Waals surface area contributed by atoms with E-state index in [1.807, 2.05) is 12.3 Å². The molecular weight excluding hydrogens is 329 g/mol. The summed E-state index contributed by atoms with van der Waals surface area (Å²) in [6, 6.07) is 32.1. The van der Waals surface area contributed by atoms with Crippen molar-refractivity contribution in [3.63, 3.8) is 0 Å². The Hall–Kier alpha value is -3.53. The minimum absolute atomic E-state index is 0.0587. The van der Waals surface area contributed by atoms with E-state index in [9.17, 15) is 0 Å². The van der Waals surface area contributed by atoms with Crippen LogP contribution in [0.1, 0.15) is 0 Å². The van der Waals surface area contributed by atoms with Gasteiger partial charge in [0.05, 0.1) is 11.4 Å². The molecule has 0 fully saturated rings. The lowest BCUT2D eigenvalue weighted by molar-refractivity contribution is 1.24. The number of hydrogen-bond donors (Lipinski definition) is 0. The van der Waals surface area contributed by atoms with Gasteiger partial charge >= 0.3 is 6.98 Å². The highest BCUT2D eigenvalue weighted by atomic mass is 15.3. The number of anilines is 4. The van der Waals surface area contributed by atoms with Gasteiger partial charge in [-0.05, 0) is 41.4 Å². The molecule has 6 rings (SSSR count). The predicted molar refractivity (Wildman–Crippen MR) is 112 cm³/mol. The molecule has 0 saturated carbocycles. The maximum atomic E-state index is 4.68. The Morgan fingerprint density at radius 3 is 1.96 bits per heavy atom. The third kappa shape index (κ3) is 1.95. The molecule has 3 aromatic carbocycles. The number of pyridine rings is 1. The highest BCUT2D eigenvalue weighted by Crippen LogP contribution is 2.50. The van der Waals surface area contributed by atoms with Crippen LogP contribution in [0.25, 0.3) is 11.1 Å². The third-order valence-corrected chi connectivity index (χ3v) is 5.48. The lowest BCUT2D eigenvalue weighted by Crippen LogP contribution is -2.55. The van der Waals surface area contributed by atoms with Crippen LogP contribution >= 0.6 is 0 Å². The van der Waals surface area contributed by atoms with Crippen molar-refractivity contribution in [3.05, 3.63) is 97.2 Å². The van der Waals surface area contributed by atoms with Crippen molar-refractivity contribution in [2.24, 2.45) is 0 Å². The van der Waals surface area contributed by atoms with Crippen molar-refractivity contribution < 1.29 is 0 Å². The molecular formula is C23H16BN3. The summed E-state index contributed by atoms with van der Waals surface area (Å²) in [5.74, 6) is 0.964. The second-order valence-corrected chi connectivity index (χ2v) is 6.89. The Labute approximate surface area is 158 Å². The average molecular weight is 345 g/mol. The summed E-state index contributed by atoms with van der Waals surface area (Å²) < 4.78 is 0. The first kappa shape index (κ1) is 14.6. The molecule has 3 nitrogen and oxygen atoms in total. The van der Waals surface area contributed by atoms with Gasteiger partial charge in [0, 0.05) is 17.4 Å². The number of aromatic nitrogens is 1. The highest BCUT2D eigenvalue weighted by molar-refractivity contribution is 6.86. The van der Waals surface area contributed by atoms with Gasteiger partial charge in [0.1, 0.15) is 5.82 Å². The number of benzene rings is 3. The van der Waals surface area contributed by atoms with Gasteiger partial charge in [-0.3, -0.25) is 0 Å². The van der Waals surface area contributed by atoms with Gasteiger partial charge in [0.2, 0.25) is 0 Å². The van der Waals surface area contributed by atoms with E-state index in [4.69, 9.17) is 0 Å². The Bertz CT molecular complexity index is 1130. The van der Waals surface area contributed by atoms with Gasteiger partial charge in [-0.25, -0.2) is 4.98 Å². The lowest BCUT2D eigenvalue weighted by atomic mass is 9.59. The van der Waals surface area contributed by atoms with Crippen LogP contribution in [0.4, 0.5) is 22.9 Å². The van der Waals surface area contributed by atoms with Crippen LogP contribution in [0.2, 0.25) is 0 Å². The van der Waals surface area contributed by atoms with Crippen LogP contribution in [0.15, 0.2) is 97.2 Å². The van der Waals surface area contributed by atoms with Crippen molar-refractivity contribution in [1.29, 1.82) is 0 Å². The summed E-state index contributed by atoms with van der Waals surface area (Å²) in [4.78, 5) is 9.48. The molecule has 0 spiro atoms. The Morgan fingerprint density at radius 2 is 1.19 bits per heavy atom. The summed E-state index contributed by atoms with van der Waals surface area (Å²) >= 11 is 0. The number of rotatable bonds is 1. The van der Waals surface area contributed by atoms with Crippen LogP contribution in [-0.2, 0) is 0 Å². The van der Waals surface area contributed by atoms with E-state index in [-0.39, 0.29) is 6.98 Å². The lowest BCUT2D eigenvalue weighted by Gasteiger charge is -2.36. The SMILES string of the molecule is c1ccc(N2B3c4ccccc4-c4ccccc4N3c3ccccc32)nc1. The first-order valence-corrected chi connectivity index (χ1v) is 9.20. The van der Waals surface area contributed by atoms with Crippen LogP contribution in [0, 0.1) is 0 Å². The number of nitrogens with zero attached hydrogens (tertiary/aromatic N) is 3. The van der Waals surface area contributed by atoms with E-state index in [0.717, 1.165) is 5.82 Å². The molecule has 0 aliphatic carbocycles. The molecule has 0 N–H and O–H groups in total. The van der Waals surface area contributed by atoms with E-state index in [0.29, 0.717) is 0 Å². The zero-order chi connectivity index (χ0) is 17.8. The second kappa shape index (κ2) is 5.48. The molecule has 0 amide bonds. The highest BCUT2D eigenvalue weighted by Gasteiger charge is 2.47. The average Bonchev–Trinajstić information content (AvgIpc) is 3.10. The van der Waals surface area contributed by atoms with Gasteiger partial charge in [0.25, 0.3) is 0 Å². The van der Waals surface area contributed by atoms with Crippen molar-refractivity contribution in [3.8, 4) is 11.1 Å². The Balaban J connectivity index is 1.70. The van der Waals surface area contributed by atoms with Crippen molar-refractivity contribution in [2.75, 3.05) is 9.62 Å². The third-order valence-electron chi connectivity index (χ3n) is 5.48. The fourth-order valence-corrected chi connectivity index (χ4v) is 4.41. The standard InChI is InChI=1S/C23H16BN3/c1-3-11-19-17(9-1)18-10-2-4-12-20(18)26-21-13-5-6-14-22(21)27(24(19)26)23-15-7-8-16-25-23/h1-16H. The Morgan fingerprint density at radius 1 is 0.556 bits per heavy atom. The quantitative estimate of drug-likeness (QED) is 0.464. The number of para-hydroxylation sites is 3. The normalized spacial score (nSPS) is 13.7. The van der Waals surface area contributed by atoms with E-state index in [1.54, 1.807) is 0 Å². The summed E-state index contributed by atoms with van der Waals surface area (Å²) in [7, 11) is 0. The first-order chi connectivity index (χ1) is 13.4. The smallest absolute Gasteiger partial charge is 0.359 e. The topological polar surface area (TPSA) is 19.4 Å². The molecule has 0 unspecified atom stereocenters. The zero-order valence-corrected chi connectivity index (χ0v) is 14.7. The molecule has 2 aliphatic heterocycles. The van der Waals surface area contributed by atoms with Crippen molar-refractivity contribution in [1.82, 2.24) is 4.98 Å². The molecule has 4 heteroatoms. The van der Waals surface area contributed by atoms with Gasteiger partial charge in [0.15, 0.2) is 0 Å². The largest absolute Gasteiger partial charge is 0.422 e. The molecule has 0 radical (unpaired) electrons. The molecule has 2 aliphatic rings. The van der Waals surface area contributed by atoms with E-state index in [1.165, 1.54) is 33.7 Å². The maximum absolute atomic E-state index is 4.68. The minimum atomic E-state index is 0.0587.